The number of likely N-dealkylation sites (N-methyl/N-ethyl adjacent to an activating group) is 1. The highest BCUT2D eigenvalue weighted by Crippen LogP contribution is 2.26. The Morgan fingerprint density at radius 1 is 0.973 bits per heavy atom. The molecule has 1 atom stereocenters. The smallest absolute Gasteiger partial charge is 0.293 e. The van der Waals surface area contributed by atoms with Crippen LogP contribution in [0.15, 0.2) is 89.5 Å². The number of carbonyl (C=O) groups is 2. The fourth-order valence-electron chi connectivity index (χ4n) is 4.20. The molecule has 1 heterocycles. The number of amides is 2. The van der Waals surface area contributed by atoms with Gasteiger partial charge in [0.1, 0.15) is 19.9 Å². The van der Waals surface area contributed by atoms with E-state index in [9.17, 15) is 14.7 Å². The number of nitrogens with one attached hydrogen (secondary N) is 1. The zero-order valence-electron chi connectivity index (χ0n) is 21.1. The van der Waals surface area contributed by atoms with Gasteiger partial charge in [0.15, 0.2) is 0 Å². The normalized spacial score (nSPS) is 12.0. The third-order valence-corrected chi connectivity index (χ3v) is 10.0. The summed E-state index contributed by atoms with van der Waals surface area (Å²) in [4.78, 5) is 27.8. The van der Waals surface area contributed by atoms with Gasteiger partial charge in [0, 0.05) is 12.7 Å². The second kappa shape index (κ2) is 10.7. The van der Waals surface area contributed by atoms with Crippen molar-refractivity contribution in [3.8, 4) is 11.6 Å². The zero-order valence-corrected chi connectivity index (χ0v) is 22.1. The number of hydrogen-bond acceptors (Lipinski definition) is 6. The van der Waals surface area contributed by atoms with Crippen molar-refractivity contribution >= 4 is 35.9 Å². The van der Waals surface area contributed by atoms with E-state index in [1.165, 1.54) is 22.3 Å². The van der Waals surface area contributed by atoms with Crippen molar-refractivity contribution in [3.63, 3.8) is 0 Å². The minimum Gasteiger partial charge on any atom is -0.497 e. The lowest BCUT2D eigenvalue weighted by atomic mass is 10.0. The molecule has 3 aromatic carbocycles. The molecule has 8 nitrogen and oxygen atoms in total. The van der Waals surface area contributed by atoms with Gasteiger partial charge in [-0.3, -0.25) is 9.59 Å². The lowest BCUT2D eigenvalue weighted by molar-refractivity contribution is -0.120. The number of methoxy groups -OCH3 is 1. The zero-order chi connectivity index (χ0) is 26.6. The topological polar surface area (TPSA) is 105 Å². The second-order valence-electron chi connectivity index (χ2n) is 9.20. The fourth-order valence-corrected chi connectivity index (χ4v) is 6.56. The summed E-state index contributed by atoms with van der Waals surface area (Å²) in [5, 5.41) is 18.3. The van der Waals surface area contributed by atoms with Gasteiger partial charge < -0.3 is 24.6 Å². The predicted octanol–water partition coefficient (Wildman–Crippen LogP) is 3.66. The fraction of sp³-hybridized carbons (Fsp3) is 0.179. The highest BCUT2D eigenvalue weighted by molar-refractivity contribution is 7.00. The Kier molecular flexibility index (Phi) is 7.44. The van der Waals surface area contributed by atoms with Crippen LogP contribution >= 0.6 is 0 Å². The van der Waals surface area contributed by atoms with Crippen molar-refractivity contribution in [2.24, 2.45) is 0 Å². The molecule has 2 amide bonds. The molecule has 0 aliphatic rings. The van der Waals surface area contributed by atoms with Crippen molar-refractivity contribution in [2.45, 2.75) is 19.1 Å². The summed E-state index contributed by atoms with van der Waals surface area (Å²) in [6, 6.07) is 25.3. The molecule has 0 saturated heterocycles. The molecule has 2 N–H and O–H groups in total. The monoisotopic (exact) mass is 515 g/mol. The number of ether oxygens (including phenoxy) is 1. The summed E-state index contributed by atoms with van der Waals surface area (Å²) < 4.78 is 10.1. The van der Waals surface area contributed by atoms with Gasteiger partial charge in [0.05, 0.1) is 13.2 Å². The predicted molar refractivity (Wildman–Crippen MR) is 144 cm³/mol. The first kappa shape index (κ1) is 25.7. The number of anilines is 1. The van der Waals surface area contributed by atoms with Gasteiger partial charge in [-0.25, -0.2) is 0 Å². The maximum atomic E-state index is 13.5. The van der Waals surface area contributed by atoms with Crippen molar-refractivity contribution in [1.82, 2.24) is 10.1 Å². The summed E-state index contributed by atoms with van der Waals surface area (Å²) >= 11 is 0. The van der Waals surface area contributed by atoms with Crippen LogP contribution < -0.4 is 20.4 Å². The van der Waals surface area contributed by atoms with Crippen molar-refractivity contribution in [3.05, 3.63) is 96.3 Å². The molecule has 4 rings (SSSR count). The Labute approximate surface area is 216 Å². The molecule has 0 aliphatic heterocycles. The number of carbonyl (C=O) groups excluding carboxylic acids is 2. The van der Waals surface area contributed by atoms with Gasteiger partial charge in [0.25, 0.3) is 17.7 Å². The lowest BCUT2D eigenvalue weighted by Gasteiger charge is -2.27. The Balaban J connectivity index is 1.59. The van der Waals surface area contributed by atoms with Crippen LogP contribution in [0, 0.1) is 0 Å². The molecule has 0 aliphatic carbocycles. The van der Waals surface area contributed by atoms with E-state index in [0.29, 0.717) is 17.0 Å². The van der Waals surface area contributed by atoms with E-state index in [4.69, 9.17) is 9.26 Å². The second-order valence-corrected chi connectivity index (χ2v) is 13.6. The Morgan fingerprint density at radius 2 is 1.59 bits per heavy atom. The van der Waals surface area contributed by atoms with E-state index in [1.807, 2.05) is 30.3 Å². The maximum absolute atomic E-state index is 13.5. The molecule has 0 saturated carbocycles. The van der Waals surface area contributed by atoms with E-state index in [0.717, 1.165) is 6.07 Å². The van der Waals surface area contributed by atoms with E-state index >= 15 is 0 Å². The summed E-state index contributed by atoms with van der Waals surface area (Å²) in [6.07, 6.45) is 0. The molecular formula is C28H29N3O5Si. The minimum atomic E-state index is -1.88. The van der Waals surface area contributed by atoms with E-state index < -0.39 is 31.8 Å². The minimum absolute atomic E-state index is 0.177. The molecule has 0 fully saturated rings. The number of rotatable bonds is 8. The Morgan fingerprint density at radius 3 is 2.16 bits per heavy atom. The van der Waals surface area contributed by atoms with Crippen LogP contribution in [0.4, 0.5) is 5.69 Å². The Hall–Kier alpha value is -4.37. The first-order valence-corrected chi connectivity index (χ1v) is 14.7. The molecule has 190 valence electrons. The van der Waals surface area contributed by atoms with Crippen LogP contribution in [0.25, 0.3) is 0 Å². The quantitative estimate of drug-likeness (QED) is 0.347. The Bertz CT molecular complexity index is 1370. The third-order valence-electron chi connectivity index (χ3n) is 6.47. The summed E-state index contributed by atoms with van der Waals surface area (Å²) in [5.74, 6) is -0.974. The van der Waals surface area contributed by atoms with Crippen LogP contribution in [0.5, 0.6) is 11.6 Å². The van der Waals surface area contributed by atoms with Crippen LogP contribution in [-0.4, -0.2) is 49.2 Å². The van der Waals surface area contributed by atoms with E-state index in [1.54, 1.807) is 31.4 Å². The first-order chi connectivity index (χ1) is 17.7. The highest BCUT2D eigenvalue weighted by Gasteiger charge is 2.32. The van der Waals surface area contributed by atoms with Crippen molar-refractivity contribution in [1.29, 1.82) is 0 Å². The number of aromatic nitrogens is 1. The standard InChI is InChI=1S/C28H29N3O5Si/c1-31(28(34)24-18-25(32)30-36-24)26(19-10-14-21(35-2)15-11-19)27(33)29-20-12-16-23(17-13-20)37(3,4)22-8-6-5-7-9-22/h5-18,26H,1-4H3,(H,29,33)(H,30,32). The summed E-state index contributed by atoms with van der Waals surface area (Å²) in [7, 11) is 1.16. The van der Waals surface area contributed by atoms with Gasteiger partial charge in [-0.05, 0) is 35.0 Å². The molecular weight excluding hydrogens is 486 g/mol. The number of nitrogens with zero attached hydrogens (tertiary/aromatic N) is 2. The molecule has 9 heteroatoms. The van der Waals surface area contributed by atoms with Crippen LogP contribution in [0.3, 0.4) is 0 Å². The van der Waals surface area contributed by atoms with Gasteiger partial charge in [-0.15, -0.1) is 0 Å². The van der Waals surface area contributed by atoms with E-state index in [-0.39, 0.29) is 5.76 Å². The largest absolute Gasteiger partial charge is 0.497 e. The van der Waals surface area contributed by atoms with Gasteiger partial charge in [-0.2, -0.15) is 0 Å². The van der Waals surface area contributed by atoms with Gasteiger partial charge in [0.2, 0.25) is 5.76 Å². The van der Waals surface area contributed by atoms with Crippen molar-refractivity contribution in [2.75, 3.05) is 19.5 Å². The van der Waals surface area contributed by atoms with Crippen LogP contribution in [0.2, 0.25) is 13.1 Å². The van der Waals surface area contributed by atoms with E-state index in [2.05, 4.69) is 47.8 Å². The van der Waals surface area contributed by atoms with Crippen LogP contribution in [0.1, 0.15) is 22.2 Å². The number of benzene rings is 3. The average molecular weight is 516 g/mol. The lowest BCUT2D eigenvalue weighted by Crippen LogP contribution is -2.52. The average Bonchev–Trinajstić information content (AvgIpc) is 3.35. The molecule has 0 bridgehead atoms. The highest BCUT2D eigenvalue weighted by atomic mass is 28.3. The molecule has 1 unspecified atom stereocenters. The first-order valence-electron chi connectivity index (χ1n) is 11.7. The SMILES string of the molecule is COc1ccc(C(C(=O)Nc2ccc([Si](C)(C)c3ccccc3)cc2)N(C)C(=O)c2cc(O)no2)cc1. The number of aromatic hydroxyl groups is 1. The molecule has 37 heavy (non-hydrogen) atoms. The molecule has 0 spiro atoms. The van der Waals surface area contributed by atoms with Gasteiger partial charge >= 0.3 is 0 Å². The van der Waals surface area contributed by atoms with Gasteiger partial charge in [-0.1, -0.05) is 78.1 Å². The third kappa shape index (κ3) is 5.57. The molecule has 4 aromatic rings. The number of hydrogen-bond donors (Lipinski definition) is 2. The maximum Gasteiger partial charge on any atom is 0.293 e. The van der Waals surface area contributed by atoms with Crippen LogP contribution in [-0.2, 0) is 4.79 Å². The molecule has 1 aromatic heterocycles. The molecule has 0 radical (unpaired) electrons. The summed E-state index contributed by atoms with van der Waals surface area (Å²) in [5.41, 5.74) is 1.19. The summed E-state index contributed by atoms with van der Waals surface area (Å²) in [6.45, 7) is 4.58. The van der Waals surface area contributed by atoms with Crippen molar-refractivity contribution < 1.29 is 24.0 Å².